The number of nitrogens with one attached hydrogen (secondary N) is 1. The summed E-state index contributed by atoms with van der Waals surface area (Å²) in [7, 11) is 0. The minimum atomic E-state index is 0. The Morgan fingerprint density at radius 1 is 1.04 bits per heavy atom. The Hall–Kier alpha value is -1.24. The Bertz CT molecular complexity index is 744. The molecule has 2 aliphatic rings. The third-order valence-corrected chi connectivity index (χ3v) is 4.31. The van der Waals surface area contributed by atoms with Gasteiger partial charge >= 0.3 is 0 Å². The van der Waals surface area contributed by atoms with E-state index in [0.29, 0.717) is 6.54 Å². The molecule has 0 spiro atoms. The van der Waals surface area contributed by atoms with E-state index in [9.17, 15) is 4.79 Å². The van der Waals surface area contributed by atoms with Crippen molar-refractivity contribution in [3.8, 4) is 0 Å². The van der Waals surface area contributed by atoms with Crippen LogP contribution in [0.2, 0.25) is 0 Å². The fourth-order valence-electron chi connectivity index (χ4n) is 3.30. The number of hydrogen-bond acceptors (Lipinski definition) is 3. The van der Waals surface area contributed by atoms with Crippen molar-refractivity contribution < 1.29 is 4.79 Å². The molecule has 1 N–H and O–H groups in total. The van der Waals surface area contributed by atoms with Crippen molar-refractivity contribution >= 4 is 45.3 Å². The van der Waals surface area contributed by atoms with Crippen LogP contribution >= 0.6 is 34.0 Å². The number of aromatic nitrogens is 2. The normalized spacial score (nSPS) is 16.6. The van der Waals surface area contributed by atoms with E-state index in [2.05, 4.69) is 16.4 Å². The molecular formula is C17H19Br2N3O. The van der Waals surface area contributed by atoms with Gasteiger partial charge in [-0.1, -0.05) is 29.8 Å². The predicted molar refractivity (Wildman–Crippen MR) is 102 cm³/mol. The minimum absolute atomic E-state index is 0. The van der Waals surface area contributed by atoms with Crippen LogP contribution in [0.1, 0.15) is 34.6 Å². The number of rotatable bonds is 0. The van der Waals surface area contributed by atoms with Gasteiger partial charge in [0, 0.05) is 23.5 Å². The highest BCUT2D eigenvalue weighted by Crippen LogP contribution is 2.34. The maximum Gasteiger partial charge on any atom is 0.183 e. The fourth-order valence-corrected chi connectivity index (χ4v) is 3.30. The number of ketones is 1. The second-order valence-corrected chi connectivity index (χ2v) is 5.58. The first-order chi connectivity index (χ1) is 10.3. The number of imidazole rings is 1. The van der Waals surface area contributed by atoms with Crippen LogP contribution in [0.25, 0.3) is 5.57 Å². The Kier molecular flexibility index (Phi) is 5.95. The van der Waals surface area contributed by atoms with E-state index >= 15 is 0 Å². The van der Waals surface area contributed by atoms with Gasteiger partial charge in [-0.25, -0.2) is 4.98 Å². The van der Waals surface area contributed by atoms with Crippen LogP contribution < -0.4 is 5.32 Å². The van der Waals surface area contributed by atoms with Gasteiger partial charge in [0.15, 0.2) is 5.78 Å². The molecular weight excluding hydrogens is 422 g/mol. The van der Waals surface area contributed by atoms with Crippen molar-refractivity contribution in [3.63, 3.8) is 0 Å². The number of benzene rings is 1. The molecule has 0 aliphatic carbocycles. The van der Waals surface area contributed by atoms with Gasteiger partial charge in [0.2, 0.25) is 0 Å². The number of carbonyl (C=O) groups excluding carboxylic acids is 1. The average molecular weight is 441 g/mol. The third-order valence-electron chi connectivity index (χ3n) is 4.31. The second-order valence-electron chi connectivity index (χ2n) is 5.58. The molecule has 23 heavy (non-hydrogen) atoms. The summed E-state index contributed by atoms with van der Waals surface area (Å²) in [5, 5.41) is 3.39. The molecule has 1 aromatic carbocycles. The van der Waals surface area contributed by atoms with Gasteiger partial charge in [-0.05, 0) is 31.5 Å². The molecule has 0 radical (unpaired) electrons. The van der Waals surface area contributed by atoms with Gasteiger partial charge in [-0.15, -0.1) is 34.0 Å². The molecule has 4 nitrogen and oxygen atoms in total. The molecule has 0 saturated carbocycles. The molecule has 0 unspecified atom stereocenters. The number of piperidine rings is 1. The lowest BCUT2D eigenvalue weighted by Crippen LogP contribution is -2.24. The van der Waals surface area contributed by atoms with E-state index < -0.39 is 0 Å². The predicted octanol–water partition coefficient (Wildman–Crippen LogP) is 3.42. The fraction of sp³-hybridized carbons (Fsp3) is 0.294. The zero-order chi connectivity index (χ0) is 14.2. The van der Waals surface area contributed by atoms with Crippen molar-refractivity contribution in [2.75, 3.05) is 13.1 Å². The number of carbonyl (C=O) groups is 1. The Morgan fingerprint density at radius 2 is 1.74 bits per heavy atom. The second kappa shape index (κ2) is 7.55. The van der Waals surface area contributed by atoms with Gasteiger partial charge in [0.05, 0.1) is 6.54 Å². The molecule has 2 aromatic rings. The van der Waals surface area contributed by atoms with Gasteiger partial charge in [-0.3, -0.25) is 4.79 Å². The van der Waals surface area contributed by atoms with Crippen LogP contribution in [0.5, 0.6) is 0 Å². The Balaban J connectivity index is 0.000000960. The number of Topliss-reactive ketones (excluding diaryl/α,β-unsaturated/α-hetero) is 1. The van der Waals surface area contributed by atoms with Crippen molar-refractivity contribution in [2.45, 2.75) is 19.4 Å². The topological polar surface area (TPSA) is 46.9 Å². The Morgan fingerprint density at radius 3 is 2.48 bits per heavy atom. The molecule has 1 fully saturated rings. The van der Waals surface area contributed by atoms with Gasteiger partial charge < -0.3 is 9.88 Å². The largest absolute Gasteiger partial charge is 0.323 e. The molecule has 1 saturated heterocycles. The molecule has 122 valence electrons. The standard InChI is InChI=1S/C17H17N3O.2BrH/c21-15-11-20-10-9-19-17(20)16(12-5-7-18-8-6-12)14-4-2-1-3-13(14)15;;/h1-4,9-10,18H,5-8,11H2;2*1H. The monoisotopic (exact) mass is 439 g/mol. The van der Waals surface area contributed by atoms with Crippen LogP contribution in [-0.4, -0.2) is 28.4 Å². The zero-order valence-corrected chi connectivity index (χ0v) is 16.0. The first kappa shape index (κ1) is 18.1. The quantitative estimate of drug-likeness (QED) is 0.682. The molecule has 3 heterocycles. The maximum atomic E-state index is 12.5. The summed E-state index contributed by atoms with van der Waals surface area (Å²) in [5.41, 5.74) is 4.44. The lowest BCUT2D eigenvalue weighted by molar-refractivity contribution is 0.0973. The summed E-state index contributed by atoms with van der Waals surface area (Å²) in [5.74, 6) is 1.10. The van der Waals surface area contributed by atoms with Crippen molar-refractivity contribution in [1.29, 1.82) is 0 Å². The van der Waals surface area contributed by atoms with Gasteiger partial charge in [0.1, 0.15) is 5.82 Å². The van der Waals surface area contributed by atoms with Crippen LogP contribution in [0.4, 0.5) is 0 Å². The molecule has 4 rings (SSSR count). The zero-order valence-electron chi connectivity index (χ0n) is 12.6. The first-order valence-corrected chi connectivity index (χ1v) is 7.41. The SMILES string of the molecule is Br.Br.O=C1Cn2ccnc2C(=C2CCNCC2)c2ccccc21. The van der Waals surface area contributed by atoms with E-state index in [1.54, 1.807) is 6.20 Å². The number of hydrogen-bond donors (Lipinski definition) is 1. The van der Waals surface area contributed by atoms with Crippen LogP contribution in [-0.2, 0) is 6.54 Å². The molecule has 0 amide bonds. The summed E-state index contributed by atoms with van der Waals surface area (Å²) in [6.07, 6.45) is 5.73. The van der Waals surface area contributed by atoms with Gasteiger partial charge in [0.25, 0.3) is 0 Å². The lowest BCUT2D eigenvalue weighted by Gasteiger charge is -2.20. The lowest BCUT2D eigenvalue weighted by atomic mass is 9.90. The highest BCUT2D eigenvalue weighted by Gasteiger charge is 2.26. The molecule has 0 atom stereocenters. The van der Waals surface area contributed by atoms with Crippen LogP contribution in [0.15, 0.2) is 42.2 Å². The minimum Gasteiger partial charge on any atom is -0.323 e. The van der Waals surface area contributed by atoms with E-state index in [1.807, 2.05) is 29.0 Å². The smallest absolute Gasteiger partial charge is 0.183 e. The molecule has 0 bridgehead atoms. The summed E-state index contributed by atoms with van der Waals surface area (Å²) in [6, 6.07) is 7.94. The van der Waals surface area contributed by atoms with E-state index in [-0.39, 0.29) is 39.7 Å². The van der Waals surface area contributed by atoms with Crippen LogP contribution in [0.3, 0.4) is 0 Å². The molecule has 2 aliphatic heterocycles. The summed E-state index contributed by atoms with van der Waals surface area (Å²) in [6.45, 7) is 2.37. The van der Waals surface area contributed by atoms with Gasteiger partial charge in [-0.2, -0.15) is 0 Å². The van der Waals surface area contributed by atoms with E-state index in [0.717, 1.165) is 42.9 Å². The summed E-state index contributed by atoms with van der Waals surface area (Å²) >= 11 is 0. The number of nitrogens with zero attached hydrogens (tertiary/aromatic N) is 2. The highest BCUT2D eigenvalue weighted by molar-refractivity contribution is 8.93. The van der Waals surface area contributed by atoms with E-state index in [1.165, 1.54) is 11.1 Å². The average Bonchev–Trinajstić information content (AvgIpc) is 2.93. The maximum absolute atomic E-state index is 12.5. The van der Waals surface area contributed by atoms with Crippen molar-refractivity contribution in [1.82, 2.24) is 14.9 Å². The molecule has 6 heteroatoms. The number of fused-ring (bicyclic) bond motifs is 2. The number of halogens is 2. The third kappa shape index (κ3) is 3.20. The van der Waals surface area contributed by atoms with Crippen LogP contribution in [0, 0.1) is 0 Å². The Labute approximate surface area is 156 Å². The van der Waals surface area contributed by atoms with E-state index in [4.69, 9.17) is 0 Å². The molecule has 1 aromatic heterocycles. The highest BCUT2D eigenvalue weighted by atomic mass is 79.9. The van der Waals surface area contributed by atoms with Crippen molar-refractivity contribution in [2.24, 2.45) is 0 Å². The van der Waals surface area contributed by atoms with Crippen molar-refractivity contribution in [3.05, 3.63) is 59.2 Å². The summed E-state index contributed by atoms with van der Waals surface area (Å²) in [4.78, 5) is 17.1. The first-order valence-electron chi connectivity index (χ1n) is 7.41. The summed E-state index contributed by atoms with van der Waals surface area (Å²) < 4.78 is 1.98.